The number of carbonyl (C=O) groups excluding carboxylic acids is 1. The molecule has 0 bridgehead atoms. The molecule has 0 radical (unpaired) electrons. The molecular formula is C13H17FN2O3S. The van der Waals surface area contributed by atoms with Gasteiger partial charge in [0.1, 0.15) is 21.8 Å². The molecule has 110 valence electrons. The van der Waals surface area contributed by atoms with Crippen LogP contribution in [-0.4, -0.2) is 44.3 Å². The molecule has 1 saturated heterocycles. The Kier molecular flexibility index (Phi) is 4.39. The number of hydrogen-bond donors (Lipinski definition) is 1. The minimum absolute atomic E-state index is 0.0147. The zero-order valence-corrected chi connectivity index (χ0v) is 12.0. The largest absolute Gasteiger partial charge is 0.322 e. The second kappa shape index (κ2) is 5.88. The van der Waals surface area contributed by atoms with Crippen LogP contribution < -0.4 is 5.32 Å². The summed E-state index contributed by atoms with van der Waals surface area (Å²) in [5.74, 6) is -0.514. The van der Waals surface area contributed by atoms with Crippen molar-refractivity contribution in [2.24, 2.45) is 0 Å². The average molecular weight is 300 g/mol. The van der Waals surface area contributed by atoms with Gasteiger partial charge in [0.15, 0.2) is 0 Å². The maximum absolute atomic E-state index is 13.8. The van der Waals surface area contributed by atoms with E-state index in [0.29, 0.717) is 12.0 Å². The van der Waals surface area contributed by atoms with Crippen molar-refractivity contribution in [1.82, 2.24) is 10.2 Å². The second-order valence-corrected chi connectivity index (χ2v) is 7.14. The van der Waals surface area contributed by atoms with Gasteiger partial charge in [-0.3, -0.25) is 10.1 Å². The van der Waals surface area contributed by atoms with Crippen molar-refractivity contribution in [2.45, 2.75) is 12.6 Å². The lowest BCUT2D eigenvalue weighted by Gasteiger charge is -2.24. The molecular weight excluding hydrogens is 283 g/mol. The van der Waals surface area contributed by atoms with Gasteiger partial charge in [-0.2, -0.15) is 0 Å². The van der Waals surface area contributed by atoms with Crippen molar-refractivity contribution < 1.29 is 17.6 Å². The van der Waals surface area contributed by atoms with Gasteiger partial charge in [0, 0.05) is 18.4 Å². The SMILES string of the molecule is CS(=O)(=O)CCCN1C(=O)CNC1c1ccccc1F. The number of hydrogen-bond acceptors (Lipinski definition) is 4. The van der Waals surface area contributed by atoms with E-state index in [2.05, 4.69) is 5.32 Å². The van der Waals surface area contributed by atoms with Gasteiger partial charge in [0.05, 0.1) is 12.3 Å². The van der Waals surface area contributed by atoms with Gasteiger partial charge in [0.2, 0.25) is 5.91 Å². The van der Waals surface area contributed by atoms with Crippen molar-refractivity contribution in [1.29, 1.82) is 0 Å². The van der Waals surface area contributed by atoms with Crippen LogP contribution in [0.4, 0.5) is 4.39 Å². The van der Waals surface area contributed by atoms with Gasteiger partial charge in [-0.1, -0.05) is 18.2 Å². The second-order valence-electron chi connectivity index (χ2n) is 4.88. The highest BCUT2D eigenvalue weighted by Crippen LogP contribution is 2.24. The Morgan fingerprint density at radius 1 is 1.40 bits per heavy atom. The summed E-state index contributed by atoms with van der Waals surface area (Å²) in [7, 11) is -3.06. The summed E-state index contributed by atoms with van der Waals surface area (Å²) in [5, 5.41) is 2.95. The van der Waals surface area contributed by atoms with E-state index in [0.717, 1.165) is 6.26 Å². The van der Waals surface area contributed by atoms with Gasteiger partial charge in [-0.25, -0.2) is 12.8 Å². The van der Waals surface area contributed by atoms with Crippen LogP contribution in [0, 0.1) is 5.82 Å². The molecule has 0 saturated carbocycles. The molecule has 0 aromatic heterocycles. The van der Waals surface area contributed by atoms with Crippen molar-refractivity contribution in [2.75, 3.05) is 25.1 Å². The van der Waals surface area contributed by atoms with Crippen LogP contribution >= 0.6 is 0 Å². The van der Waals surface area contributed by atoms with Crippen LogP contribution in [0.2, 0.25) is 0 Å². The molecule has 1 aromatic carbocycles. The van der Waals surface area contributed by atoms with E-state index >= 15 is 0 Å². The van der Waals surface area contributed by atoms with Crippen molar-refractivity contribution in [3.8, 4) is 0 Å². The first-order chi connectivity index (χ1) is 9.38. The molecule has 1 aliphatic heterocycles. The van der Waals surface area contributed by atoms with Crippen LogP contribution in [0.1, 0.15) is 18.2 Å². The molecule has 1 amide bonds. The monoisotopic (exact) mass is 300 g/mol. The third kappa shape index (κ3) is 3.55. The Morgan fingerprint density at radius 2 is 2.10 bits per heavy atom. The number of benzene rings is 1. The average Bonchev–Trinajstić information content (AvgIpc) is 2.70. The fourth-order valence-electron chi connectivity index (χ4n) is 2.27. The number of halogens is 1. The lowest BCUT2D eigenvalue weighted by Crippen LogP contribution is -2.32. The van der Waals surface area contributed by atoms with Crippen molar-refractivity contribution in [3.63, 3.8) is 0 Å². The first kappa shape index (κ1) is 14.9. The lowest BCUT2D eigenvalue weighted by atomic mass is 10.1. The van der Waals surface area contributed by atoms with Gasteiger partial charge >= 0.3 is 0 Å². The maximum Gasteiger partial charge on any atom is 0.238 e. The van der Waals surface area contributed by atoms with Gasteiger partial charge in [-0.15, -0.1) is 0 Å². The Morgan fingerprint density at radius 3 is 2.75 bits per heavy atom. The Balaban J connectivity index is 2.09. The number of amides is 1. The van der Waals surface area contributed by atoms with Gasteiger partial charge < -0.3 is 4.90 Å². The Hall–Kier alpha value is -1.47. The molecule has 1 heterocycles. The first-order valence-electron chi connectivity index (χ1n) is 6.33. The molecule has 0 aliphatic carbocycles. The van der Waals surface area contributed by atoms with E-state index in [4.69, 9.17) is 0 Å². The normalized spacial score (nSPS) is 19.6. The molecule has 20 heavy (non-hydrogen) atoms. The topological polar surface area (TPSA) is 66.5 Å². The lowest BCUT2D eigenvalue weighted by molar-refractivity contribution is -0.128. The Bertz CT molecular complexity index is 603. The number of nitrogens with zero attached hydrogens (tertiary/aromatic N) is 1. The minimum Gasteiger partial charge on any atom is -0.322 e. The van der Waals surface area contributed by atoms with E-state index in [1.807, 2.05) is 0 Å². The van der Waals surface area contributed by atoms with Crippen LogP contribution in [0.3, 0.4) is 0 Å². The van der Waals surface area contributed by atoms with Crippen molar-refractivity contribution >= 4 is 15.7 Å². The molecule has 1 aliphatic rings. The van der Waals surface area contributed by atoms with Gasteiger partial charge in [0.25, 0.3) is 0 Å². The van der Waals surface area contributed by atoms with Crippen molar-refractivity contribution in [3.05, 3.63) is 35.6 Å². The summed E-state index contributed by atoms with van der Waals surface area (Å²) in [6.07, 6.45) is 0.978. The fourth-order valence-corrected chi connectivity index (χ4v) is 2.92. The van der Waals surface area contributed by atoms with Crippen LogP contribution in [0.5, 0.6) is 0 Å². The van der Waals surface area contributed by atoms with Crippen LogP contribution in [-0.2, 0) is 14.6 Å². The quantitative estimate of drug-likeness (QED) is 0.869. The highest BCUT2D eigenvalue weighted by Gasteiger charge is 2.32. The van der Waals surface area contributed by atoms with Crippen LogP contribution in [0.25, 0.3) is 0 Å². The summed E-state index contributed by atoms with van der Waals surface area (Å²) in [4.78, 5) is 13.3. The van der Waals surface area contributed by atoms with Gasteiger partial charge in [-0.05, 0) is 12.5 Å². The molecule has 7 heteroatoms. The molecule has 0 spiro atoms. The summed E-state index contributed by atoms with van der Waals surface area (Å²) in [6, 6.07) is 6.25. The molecule has 2 rings (SSSR count). The number of carbonyl (C=O) groups is 1. The molecule has 1 N–H and O–H groups in total. The summed E-state index contributed by atoms with van der Waals surface area (Å²) >= 11 is 0. The van der Waals surface area contributed by atoms with E-state index in [1.165, 1.54) is 11.0 Å². The molecule has 1 unspecified atom stereocenters. The summed E-state index contributed by atoms with van der Waals surface area (Å²) in [6.45, 7) is 0.426. The van der Waals surface area contributed by atoms with E-state index in [1.54, 1.807) is 18.2 Å². The summed E-state index contributed by atoms with van der Waals surface area (Å²) in [5.41, 5.74) is 0.401. The Labute approximate surface area is 117 Å². The molecule has 5 nitrogen and oxygen atoms in total. The number of rotatable bonds is 5. The van der Waals surface area contributed by atoms with E-state index in [-0.39, 0.29) is 30.6 Å². The predicted molar refractivity (Wildman–Crippen MR) is 73.2 cm³/mol. The zero-order chi connectivity index (χ0) is 14.8. The minimum atomic E-state index is -3.06. The van der Waals surface area contributed by atoms with Crippen LogP contribution in [0.15, 0.2) is 24.3 Å². The first-order valence-corrected chi connectivity index (χ1v) is 8.39. The fraction of sp³-hybridized carbons (Fsp3) is 0.462. The third-order valence-electron chi connectivity index (χ3n) is 3.19. The zero-order valence-electron chi connectivity index (χ0n) is 11.2. The number of sulfone groups is 1. The smallest absolute Gasteiger partial charge is 0.238 e. The number of nitrogens with one attached hydrogen (secondary N) is 1. The molecule has 1 aromatic rings. The highest BCUT2D eigenvalue weighted by atomic mass is 32.2. The van der Waals surface area contributed by atoms with E-state index in [9.17, 15) is 17.6 Å². The maximum atomic E-state index is 13.8. The predicted octanol–water partition coefficient (Wildman–Crippen LogP) is 0.691. The molecule has 1 atom stereocenters. The molecule has 1 fully saturated rings. The standard InChI is InChI=1S/C13H17FN2O3S/c1-20(18,19)8-4-7-16-12(17)9-15-13(16)10-5-2-3-6-11(10)14/h2-3,5-6,13,15H,4,7-9H2,1H3. The van der Waals surface area contributed by atoms with E-state index < -0.39 is 16.0 Å². The third-order valence-corrected chi connectivity index (χ3v) is 4.22. The summed E-state index contributed by atoms with van der Waals surface area (Å²) < 4.78 is 36.0. The highest BCUT2D eigenvalue weighted by molar-refractivity contribution is 7.90.